The number of aromatic nitrogens is 2. The molecule has 0 saturated heterocycles. The smallest absolute Gasteiger partial charge is 0.239 e. The third-order valence-corrected chi connectivity index (χ3v) is 2.21. The van der Waals surface area contributed by atoms with Crippen molar-refractivity contribution in [1.82, 2.24) is 10.2 Å². The first-order chi connectivity index (χ1) is 7.65. The zero-order chi connectivity index (χ0) is 11.5. The van der Waals surface area contributed by atoms with E-state index >= 15 is 0 Å². The Balaban J connectivity index is 2.23. The maximum atomic E-state index is 5.59. The summed E-state index contributed by atoms with van der Waals surface area (Å²) < 4.78 is 5.59. The number of hydrogen-bond donors (Lipinski definition) is 1. The summed E-state index contributed by atoms with van der Waals surface area (Å²) in [6.07, 6.45) is 0. The number of nitrogens with zero attached hydrogens (tertiary/aromatic N) is 2. The summed E-state index contributed by atoms with van der Waals surface area (Å²) in [5.74, 6) is 1.61. The van der Waals surface area contributed by atoms with Crippen molar-refractivity contribution in [3.05, 3.63) is 41.5 Å². The molecular formula is C12H13N3O. The Bertz CT molecular complexity index is 494. The maximum Gasteiger partial charge on any atom is 0.239 e. The topological polar surface area (TPSA) is 61.0 Å². The highest BCUT2D eigenvalue weighted by Crippen LogP contribution is 2.23. The first-order valence-electron chi connectivity index (χ1n) is 4.99. The minimum absolute atomic E-state index is 0.382. The van der Waals surface area contributed by atoms with Crippen LogP contribution in [0.15, 0.2) is 30.3 Å². The zero-order valence-corrected chi connectivity index (χ0v) is 9.27. The number of anilines is 1. The molecule has 0 radical (unpaired) electrons. The Labute approximate surface area is 94.1 Å². The van der Waals surface area contributed by atoms with E-state index in [0.29, 0.717) is 11.7 Å². The summed E-state index contributed by atoms with van der Waals surface area (Å²) in [5.41, 5.74) is 7.71. The molecular weight excluding hydrogens is 202 g/mol. The van der Waals surface area contributed by atoms with Crippen LogP contribution in [0.3, 0.4) is 0 Å². The number of ether oxygens (including phenoxy) is 1. The lowest BCUT2D eigenvalue weighted by atomic mass is 10.1. The molecule has 4 heteroatoms. The molecule has 0 aliphatic heterocycles. The van der Waals surface area contributed by atoms with Gasteiger partial charge in [-0.3, -0.25) is 0 Å². The van der Waals surface area contributed by atoms with Crippen LogP contribution in [0.1, 0.15) is 11.1 Å². The van der Waals surface area contributed by atoms with Gasteiger partial charge in [-0.1, -0.05) is 17.7 Å². The van der Waals surface area contributed by atoms with Crippen LogP contribution in [-0.4, -0.2) is 10.2 Å². The molecule has 16 heavy (non-hydrogen) atoms. The summed E-state index contributed by atoms with van der Waals surface area (Å²) in [7, 11) is 0. The van der Waals surface area contributed by atoms with Crippen molar-refractivity contribution in [2.45, 2.75) is 13.8 Å². The van der Waals surface area contributed by atoms with Gasteiger partial charge in [0, 0.05) is 6.07 Å². The van der Waals surface area contributed by atoms with Gasteiger partial charge in [-0.25, -0.2) is 0 Å². The van der Waals surface area contributed by atoms with Gasteiger partial charge in [-0.05, 0) is 31.5 Å². The van der Waals surface area contributed by atoms with Gasteiger partial charge >= 0.3 is 0 Å². The van der Waals surface area contributed by atoms with E-state index in [1.807, 2.05) is 26.0 Å². The molecule has 0 bridgehead atoms. The molecule has 1 heterocycles. The summed E-state index contributed by atoms with van der Waals surface area (Å²) >= 11 is 0. The molecule has 0 aliphatic rings. The second kappa shape index (κ2) is 4.18. The van der Waals surface area contributed by atoms with E-state index in [-0.39, 0.29) is 0 Å². The molecule has 0 amide bonds. The van der Waals surface area contributed by atoms with Crippen LogP contribution in [0.2, 0.25) is 0 Å². The van der Waals surface area contributed by atoms with Gasteiger partial charge in [0.25, 0.3) is 0 Å². The predicted octanol–water partition coefficient (Wildman–Crippen LogP) is 2.47. The fraction of sp³-hybridized carbons (Fsp3) is 0.167. The molecule has 2 aromatic rings. The second-order valence-electron chi connectivity index (χ2n) is 3.67. The third kappa shape index (κ3) is 2.28. The standard InChI is InChI=1S/C12H13N3O/c1-8-3-4-10(9(2)7-8)16-12-6-5-11(13)14-15-12/h3-7H,1-2H3,(H2,13,14). The van der Waals surface area contributed by atoms with E-state index in [1.54, 1.807) is 12.1 Å². The SMILES string of the molecule is Cc1ccc(Oc2ccc(N)nn2)c(C)c1. The van der Waals surface area contributed by atoms with Crippen molar-refractivity contribution in [3.8, 4) is 11.6 Å². The van der Waals surface area contributed by atoms with Crippen LogP contribution < -0.4 is 10.5 Å². The van der Waals surface area contributed by atoms with E-state index in [2.05, 4.69) is 16.3 Å². The van der Waals surface area contributed by atoms with Crippen molar-refractivity contribution in [3.63, 3.8) is 0 Å². The molecule has 0 saturated carbocycles. The van der Waals surface area contributed by atoms with Crippen LogP contribution in [-0.2, 0) is 0 Å². The van der Waals surface area contributed by atoms with E-state index < -0.39 is 0 Å². The van der Waals surface area contributed by atoms with Gasteiger partial charge in [0.1, 0.15) is 11.6 Å². The Morgan fingerprint density at radius 1 is 1.06 bits per heavy atom. The molecule has 1 aromatic carbocycles. The quantitative estimate of drug-likeness (QED) is 0.835. The highest BCUT2D eigenvalue weighted by molar-refractivity contribution is 5.38. The number of rotatable bonds is 2. The average Bonchev–Trinajstić information content (AvgIpc) is 2.25. The molecule has 0 atom stereocenters. The largest absolute Gasteiger partial charge is 0.437 e. The third-order valence-electron chi connectivity index (χ3n) is 2.21. The van der Waals surface area contributed by atoms with Gasteiger partial charge in [0.05, 0.1) is 0 Å². The molecule has 4 nitrogen and oxygen atoms in total. The lowest BCUT2D eigenvalue weighted by Gasteiger charge is -2.07. The Kier molecular flexibility index (Phi) is 2.72. The molecule has 0 unspecified atom stereocenters. The van der Waals surface area contributed by atoms with Gasteiger partial charge in [0.15, 0.2) is 0 Å². The highest BCUT2D eigenvalue weighted by atomic mass is 16.5. The summed E-state index contributed by atoms with van der Waals surface area (Å²) in [5, 5.41) is 7.57. The number of nitrogens with two attached hydrogens (primary N) is 1. The van der Waals surface area contributed by atoms with Crippen molar-refractivity contribution in [1.29, 1.82) is 0 Å². The molecule has 1 aromatic heterocycles. The van der Waals surface area contributed by atoms with Crippen molar-refractivity contribution < 1.29 is 4.74 Å². The number of hydrogen-bond acceptors (Lipinski definition) is 4. The fourth-order valence-corrected chi connectivity index (χ4v) is 1.41. The van der Waals surface area contributed by atoms with Crippen LogP contribution >= 0.6 is 0 Å². The molecule has 82 valence electrons. The van der Waals surface area contributed by atoms with E-state index in [9.17, 15) is 0 Å². The van der Waals surface area contributed by atoms with Crippen molar-refractivity contribution in [2.75, 3.05) is 5.73 Å². The minimum atomic E-state index is 0.382. The summed E-state index contributed by atoms with van der Waals surface area (Å²) in [6, 6.07) is 9.32. The number of nitrogen functional groups attached to an aromatic ring is 1. The Hall–Kier alpha value is -2.10. The van der Waals surface area contributed by atoms with Crippen LogP contribution in [0.4, 0.5) is 5.82 Å². The number of benzene rings is 1. The maximum absolute atomic E-state index is 5.59. The van der Waals surface area contributed by atoms with Gasteiger partial charge in [-0.15, -0.1) is 10.2 Å². The molecule has 0 fully saturated rings. The number of aryl methyl sites for hydroxylation is 2. The van der Waals surface area contributed by atoms with E-state index in [1.165, 1.54) is 5.56 Å². The van der Waals surface area contributed by atoms with Crippen LogP contribution in [0, 0.1) is 13.8 Å². The molecule has 2 rings (SSSR count). The minimum Gasteiger partial charge on any atom is -0.437 e. The zero-order valence-electron chi connectivity index (χ0n) is 9.27. The first-order valence-corrected chi connectivity index (χ1v) is 4.99. The first kappa shape index (κ1) is 10.4. The van der Waals surface area contributed by atoms with Crippen LogP contribution in [0.25, 0.3) is 0 Å². The van der Waals surface area contributed by atoms with Crippen molar-refractivity contribution >= 4 is 5.82 Å². The lowest BCUT2D eigenvalue weighted by Crippen LogP contribution is -1.95. The fourth-order valence-electron chi connectivity index (χ4n) is 1.41. The molecule has 0 aliphatic carbocycles. The van der Waals surface area contributed by atoms with Crippen molar-refractivity contribution in [2.24, 2.45) is 0 Å². The Morgan fingerprint density at radius 2 is 1.88 bits per heavy atom. The predicted molar refractivity (Wildman–Crippen MR) is 62.4 cm³/mol. The Morgan fingerprint density at radius 3 is 2.50 bits per heavy atom. The monoisotopic (exact) mass is 215 g/mol. The lowest BCUT2D eigenvalue weighted by molar-refractivity contribution is 0.452. The van der Waals surface area contributed by atoms with E-state index in [0.717, 1.165) is 11.3 Å². The van der Waals surface area contributed by atoms with Gasteiger partial charge in [0.2, 0.25) is 5.88 Å². The summed E-state index contributed by atoms with van der Waals surface area (Å²) in [4.78, 5) is 0. The normalized spacial score (nSPS) is 10.1. The summed E-state index contributed by atoms with van der Waals surface area (Å²) in [6.45, 7) is 4.03. The highest BCUT2D eigenvalue weighted by Gasteiger charge is 2.02. The average molecular weight is 215 g/mol. The van der Waals surface area contributed by atoms with E-state index in [4.69, 9.17) is 10.5 Å². The second-order valence-corrected chi connectivity index (χ2v) is 3.67. The molecule has 0 spiro atoms. The van der Waals surface area contributed by atoms with Gasteiger partial charge < -0.3 is 10.5 Å². The van der Waals surface area contributed by atoms with Crippen LogP contribution in [0.5, 0.6) is 11.6 Å². The molecule has 2 N–H and O–H groups in total. The van der Waals surface area contributed by atoms with Gasteiger partial charge in [-0.2, -0.15) is 0 Å².